The van der Waals surface area contributed by atoms with Crippen LogP contribution in [0.3, 0.4) is 0 Å². The number of hydrogen-bond donors (Lipinski definition) is 3. The maximum atomic E-state index is 11.8. The lowest BCUT2D eigenvalue weighted by Crippen LogP contribution is -2.29. The molecule has 2 amide bonds. The summed E-state index contributed by atoms with van der Waals surface area (Å²) in [6.45, 7) is 0.197. The summed E-state index contributed by atoms with van der Waals surface area (Å²) in [4.78, 5) is 22.3. The first kappa shape index (κ1) is 15.2. The summed E-state index contributed by atoms with van der Waals surface area (Å²) in [5.41, 5.74) is 0.457. The molecule has 0 spiro atoms. The highest BCUT2D eigenvalue weighted by Crippen LogP contribution is 2.33. The third-order valence-electron chi connectivity index (χ3n) is 3.26. The van der Waals surface area contributed by atoms with Crippen LogP contribution in [0.4, 0.5) is 10.5 Å². The number of aliphatic carboxylic acids is 1. The molecule has 0 atom stereocenters. The number of carboxylic acids is 1. The number of ether oxygens (including phenoxy) is 1. The molecule has 1 aromatic carbocycles. The van der Waals surface area contributed by atoms with Crippen molar-refractivity contribution in [3.05, 3.63) is 24.3 Å². The van der Waals surface area contributed by atoms with Gasteiger partial charge in [-0.1, -0.05) is 25.0 Å². The second-order valence-electron chi connectivity index (χ2n) is 5.15. The zero-order chi connectivity index (χ0) is 15.1. The van der Waals surface area contributed by atoms with E-state index in [1.807, 2.05) is 0 Å². The number of hydrogen-bond acceptors (Lipinski definition) is 3. The Labute approximate surface area is 123 Å². The molecule has 1 fully saturated rings. The molecule has 3 N–H and O–H groups in total. The zero-order valence-corrected chi connectivity index (χ0v) is 11.8. The Balaban J connectivity index is 1.77. The highest BCUT2D eigenvalue weighted by atomic mass is 16.5. The summed E-state index contributed by atoms with van der Waals surface area (Å²) in [7, 11) is 0. The Morgan fingerprint density at radius 1 is 1.29 bits per heavy atom. The van der Waals surface area contributed by atoms with Gasteiger partial charge in [0.1, 0.15) is 5.75 Å². The number of benzene rings is 1. The van der Waals surface area contributed by atoms with Gasteiger partial charge in [-0.05, 0) is 30.9 Å². The molecular weight excluding hydrogens is 272 g/mol. The Kier molecular flexibility index (Phi) is 5.43. The van der Waals surface area contributed by atoms with E-state index < -0.39 is 12.6 Å². The zero-order valence-electron chi connectivity index (χ0n) is 11.8. The highest BCUT2D eigenvalue weighted by Gasteiger charge is 2.20. The van der Waals surface area contributed by atoms with Gasteiger partial charge in [-0.3, -0.25) is 0 Å². The van der Waals surface area contributed by atoms with Crippen LogP contribution in [-0.2, 0) is 4.79 Å². The van der Waals surface area contributed by atoms with Gasteiger partial charge in [0.05, 0.1) is 5.69 Å². The monoisotopic (exact) mass is 292 g/mol. The van der Waals surface area contributed by atoms with E-state index in [-0.39, 0.29) is 6.03 Å². The van der Waals surface area contributed by atoms with Gasteiger partial charge in [-0.25, -0.2) is 9.59 Å². The van der Waals surface area contributed by atoms with Crippen molar-refractivity contribution in [2.24, 2.45) is 5.92 Å². The largest absolute Gasteiger partial charge is 0.480 e. The van der Waals surface area contributed by atoms with Gasteiger partial charge < -0.3 is 20.5 Å². The predicted molar refractivity (Wildman–Crippen MR) is 78.6 cm³/mol. The molecule has 1 saturated carbocycles. The molecule has 1 aromatic rings. The van der Waals surface area contributed by atoms with Crippen LogP contribution in [0.2, 0.25) is 0 Å². The Morgan fingerprint density at radius 3 is 2.76 bits per heavy atom. The van der Waals surface area contributed by atoms with Crippen molar-refractivity contribution in [2.45, 2.75) is 25.7 Å². The predicted octanol–water partition coefficient (Wildman–Crippen LogP) is 2.46. The van der Waals surface area contributed by atoms with Crippen LogP contribution >= 0.6 is 0 Å². The molecule has 0 aromatic heterocycles. The van der Waals surface area contributed by atoms with Crippen molar-refractivity contribution in [3.8, 4) is 5.75 Å². The van der Waals surface area contributed by atoms with Crippen molar-refractivity contribution < 1.29 is 19.4 Å². The number of nitrogens with one attached hydrogen (secondary N) is 2. The number of carboxylic acid groups (broad SMARTS) is 1. The molecule has 0 radical (unpaired) electrons. The van der Waals surface area contributed by atoms with Crippen LogP contribution in [0, 0.1) is 5.92 Å². The van der Waals surface area contributed by atoms with Gasteiger partial charge >= 0.3 is 12.0 Å². The lowest BCUT2D eigenvalue weighted by Gasteiger charge is -2.12. The maximum Gasteiger partial charge on any atom is 0.341 e. The topological polar surface area (TPSA) is 87.7 Å². The minimum absolute atomic E-state index is 0.308. The molecule has 1 aliphatic carbocycles. The Hall–Kier alpha value is -2.24. The molecule has 0 unspecified atom stereocenters. The van der Waals surface area contributed by atoms with E-state index in [9.17, 15) is 9.59 Å². The Bertz CT molecular complexity index is 500. The van der Waals surface area contributed by atoms with E-state index in [1.54, 1.807) is 24.3 Å². The van der Waals surface area contributed by atoms with Gasteiger partial charge in [0.2, 0.25) is 0 Å². The van der Waals surface area contributed by atoms with Crippen LogP contribution in [0.5, 0.6) is 5.75 Å². The molecule has 0 saturated heterocycles. The van der Waals surface area contributed by atoms with Crippen molar-refractivity contribution >= 4 is 17.7 Å². The van der Waals surface area contributed by atoms with E-state index in [2.05, 4.69) is 10.6 Å². The fourth-order valence-electron chi connectivity index (χ4n) is 2.00. The Morgan fingerprint density at radius 2 is 2.05 bits per heavy atom. The molecule has 1 aliphatic rings. The van der Waals surface area contributed by atoms with E-state index >= 15 is 0 Å². The summed E-state index contributed by atoms with van der Waals surface area (Å²) in [6.07, 6.45) is 4.79. The average molecular weight is 292 g/mol. The highest BCUT2D eigenvalue weighted by molar-refractivity contribution is 5.90. The molecule has 0 aliphatic heterocycles. The number of rotatable bonds is 8. The van der Waals surface area contributed by atoms with Crippen molar-refractivity contribution in [3.63, 3.8) is 0 Å². The molecule has 114 valence electrons. The van der Waals surface area contributed by atoms with E-state index in [0.29, 0.717) is 18.0 Å². The first-order chi connectivity index (χ1) is 10.1. The second kappa shape index (κ2) is 7.52. The van der Waals surface area contributed by atoms with E-state index in [1.165, 1.54) is 19.3 Å². The number of para-hydroxylation sites is 2. The van der Waals surface area contributed by atoms with Crippen LogP contribution < -0.4 is 15.4 Å². The third kappa shape index (κ3) is 5.72. The molecule has 2 rings (SSSR count). The second-order valence-corrected chi connectivity index (χ2v) is 5.15. The number of carbonyl (C=O) groups excluding carboxylic acids is 1. The van der Waals surface area contributed by atoms with Crippen LogP contribution in [0.1, 0.15) is 25.7 Å². The maximum absolute atomic E-state index is 11.8. The lowest BCUT2D eigenvalue weighted by atomic mass is 10.2. The van der Waals surface area contributed by atoms with Crippen molar-refractivity contribution in [1.82, 2.24) is 5.32 Å². The normalized spacial score (nSPS) is 13.5. The van der Waals surface area contributed by atoms with Crippen molar-refractivity contribution in [2.75, 3.05) is 18.5 Å². The molecular formula is C15H20N2O4. The number of amides is 2. The van der Waals surface area contributed by atoms with Crippen LogP contribution in [-0.4, -0.2) is 30.3 Å². The molecule has 0 bridgehead atoms. The van der Waals surface area contributed by atoms with E-state index in [4.69, 9.17) is 9.84 Å². The van der Waals surface area contributed by atoms with Gasteiger partial charge in [-0.2, -0.15) is 0 Å². The number of anilines is 1. The summed E-state index contributed by atoms with van der Waals surface area (Å²) < 4.78 is 5.12. The van der Waals surface area contributed by atoms with Gasteiger partial charge in [0.25, 0.3) is 0 Å². The van der Waals surface area contributed by atoms with Gasteiger partial charge in [0.15, 0.2) is 6.61 Å². The van der Waals surface area contributed by atoms with Gasteiger partial charge in [-0.15, -0.1) is 0 Å². The number of carbonyl (C=O) groups is 2. The standard InChI is InChI=1S/C15H20N2O4/c18-14(19)10-21-13-6-2-1-5-12(13)17-15(20)16-9-3-4-11-7-8-11/h1-2,5-6,11H,3-4,7-10H2,(H,18,19)(H2,16,17,20). The quantitative estimate of drug-likeness (QED) is 0.642. The third-order valence-corrected chi connectivity index (χ3v) is 3.26. The fraction of sp³-hybridized carbons (Fsp3) is 0.467. The van der Waals surface area contributed by atoms with Crippen LogP contribution in [0.25, 0.3) is 0 Å². The van der Waals surface area contributed by atoms with Crippen LogP contribution in [0.15, 0.2) is 24.3 Å². The first-order valence-electron chi connectivity index (χ1n) is 7.13. The lowest BCUT2D eigenvalue weighted by molar-refractivity contribution is -0.139. The van der Waals surface area contributed by atoms with E-state index in [0.717, 1.165) is 12.3 Å². The average Bonchev–Trinajstić information content (AvgIpc) is 3.27. The summed E-state index contributed by atoms with van der Waals surface area (Å²) in [6, 6.07) is 6.44. The fourth-order valence-corrected chi connectivity index (χ4v) is 2.00. The molecule has 6 nitrogen and oxygen atoms in total. The first-order valence-corrected chi connectivity index (χ1v) is 7.13. The minimum Gasteiger partial charge on any atom is -0.480 e. The molecule has 0 heterocycles. The number of urea groups is 1. The van der Waals surface area contributed by atoms with Crippen molar-refractivity contribution in [1.29, 1.82) is 0 Å². The molecule has 6 heteroatoms. The summed E-state index contributed by atoms with van der Waals surface area (Å²) in [5.74, 6) is 0.141. The molecule has 21 heavy (non-hydrogen) atoms. The summed E-state index contributed by atoms with van der Waals surface area (Å²) >= 11 is 0. The minimum atomic E-state index is -1.06. The van der Waals surface area contributed by atoms with Gasteiger partial charge in [0, 0.05) is 6.54 Å². The summed E-state index contributed by atoms with van der Waals surface area (Å²) in [5, 5.41) is 14.1. The smallest absolute Gasteiger partial charge is 0.341 e. The SMILES string of the molecule is O=C(O)COc1ccccc1NC(=O)NCCCC1CC1.